The maximum atomic E-state index is 11.1. The van der Waals surface area contributed by atoms with Gasteiger partial charge in [0.1, 0.15) is 17.5 Å². The van der Waals surface area contributed by atoms with E-state index in [4.69, 9.17) is 9.52 Å². The predicted molar refractivity (Wildman–Crippen MR) is 68.2 cm³/mol. The van der Waals surface area contributed by atoms with Crippen LogP contribution in [0.2, 0.25) is 0 Å². The van der Waals surface area contributed by atoms with Crippen LogP contribution in [0.5, 0.6) is 0 Å². The molecule has 0 bridgehead atoms. The van der Waals surface area contributed by atoms with E-state index in [1.54, 1.807) is 12.1 Å². The van der Waals surface area contributed by atoms with E-state index >= 15 is 0 Å². The van der Waals surface area contributed by atoms with Gasteiger partial charge in [-0.15, -0.1) is 0 Å². The molecule has 0 aliphatic carbocycles. The van der Waals surface area contributed by atoms with Crippen LogP contribution in [-0.2, 0) is 0 Å². The molecule has 0 fully saturated rings. The van der Waals surface area contributed by atoms with Crippen LogP contribution in [0.1, 0.15) is 0 Å². The maximum Gasteiger partial charge on any atom is 0.418 e. The molecule has 0 saturated heterocycles. The first-order chi connectivity index (χ1) is 9.20. The molecule has 96 valence electrons. The molecule has 8 heteroatoms. The lowest BCUT2D eigenvalue weighted by Gasteiger charge is -2.02. The summed E-state index contributed by atoms with van der Waals surface area (Å²) in [6, 6.07) is 3.47. The summed E-state index contributed by atoms with van der Waals surface area (Å²) in [5, 5.41) is 9.55. The Kier molecular flexibility index (Phi) is 2.71. The largest absolute Gasteiger partial charge is 0.464 e. The van der Waals surface area contributed by atoms with Crippen molar-refractivity contribution in [3.63, 3.8) is 0 Å². The minimum Gasteiger partial charge on any atom is -0.464 e. The number of furan rings is 1. The molecular formula is C11H8N4O3S. The third-order valence-corrected chi connectivity index (χ3v) is 3.07. The Morgan fingerprint density at radius 3 is 2.95 bits per heavy atom. The Labute approximate surface area is 111 Å². The van der Waals surface area contributed by atoms with Crippen LogP contribution in [0.15, 0.2) is 34.3 Å². The fraction of sp³-hybridized carbons (Fsp3) is 0.0909. The van der Waals surface area contributed by atoms with Gasteiger partial charge in [0, 0.05) is 0 Å². The van der Waals surface area contributed by atoms with Gasteiger partial charge in [-0.1, -0.05) is 11.8 Å². The van der Waals surface area contributed by atoms with E-state index in [9.17, 15) is 4.79 Å². The van der Waals surface area contributed by atoms with E-state index in [-0.39, 0.29) is 5.65 Å². The number of aromatic nitrogens is 4. The van der Waals surface area contributed by atoms with Crippen molar-refractivity contribution in [3.8, 4) is 11.5 Å². The zero-order chi connectivity index (χ0) is 13.4. The second-order valence-corrected chi connectivity index (χ2v) is 4.38. The van der Waals surface area contributed by atoms with Crippen molar-refractivity contribution in [3.05, 3.63) is 24.7 Å². The van der Waals surface area contributed by atoms with Crippen LogP contribution in [0.25, 0.3) is 22.6 Å². The molecule has 0 spiro atoms. The molecular weight excluding hydrogens is 268 g/mol. The first kappa shape index (κ1) is 11.7. The molecule has 3 rings (SSSR count). The zero-order valence-corrected chi connectivity index (χ0v) is 10.6. The first-order valence-corrected chi connectivity index (χ1v) is 6.49. The number of fused-ring (bicyclic) bond motifs is 1. The van der Waals surface area contributed by atoms with Gasteiger partial charge in [0.25, 0.3) is 0 Å². The Balaban J connectivity index is 2.35. The average molecular weight is 276 g/mol. The van der Waals surface area contributed by atoms with Crippen LogP contribution < -0.4 is 0 Å². The summed E-state index contributed by atoms with van der Waals surface area (Å²) in [4.78, 5) is 23.7. The van der Waals surface area contributed by atoms with Crippen molar-refractivity contribution in [2.45, 2.75) is 5.16 Å². The summed E-state index contributed by atoms with van der Waals surface area (Å²) in [6.07, 6.45) is 3.40. The molecule has 0 unspecified atom stereocenters. The number of carboxylic acid groups (broad SMARTS) is 1. The van der Waals surface area contributed by atoms with E-state index in [1.807, 2.05) is 6.26 Å². The Morgan fingerprint density at radius 2 is 2.32 bits per heavy atom. The number of carbonyl (C=O) groups is 1. The monoisotopic (exact) mass is 276 g/mol. The normalized spacial score (nSPS) is 11.0. The molecule has 0 aliphatic heterocycles. The molecule has 1 N–H and O–H groups in total. The average Bonchev–Trinajstić information content (AvgIpc) is 3.06. The summed E-state index contributed by atoms with van der Waals surface area (Å²) in [7, 11) is 0. The number of imidazole rings is 1. The minimum absolute atomic E-state index is 0.248. The Hall–Kier alpha value is -2.35. The second-order valence-electron chi connectivity index (χ2n) is 3.61. The molecule has 19 heavy (non-hydrogen) atoms. The molecule has 0 atom stereocenters. The topological polar surface area (TPSA) is 94.0 Å². The van der Waals surface area contributed by atoms with Gasteiger partial charge in [0.2, 0.25) is 0 Å². The highest BCUT2D eigenvalue weighted by Gasteiger charge is 2.18. The molecule has 3 heterocycles. The van der Waals surface area contributed by atoms with Crippen LogP contribution >= 0.6 is 11.8 Å². The summed E-state index contributed by atoms with van der Waals surface area (Å²) in [6.45, 7) is 0. The third kappa shape index (κ3) is 1.85. The standard InChI is InChI=1S/C11H8N4O3S/c1-19-10-13-7(6-3-2-4-18-6)8-9(14-10)15(5-12-8)11(16)17/h2-5H,1H3,(H,16,17). The summed E-state index contributed by atoms with van der Waals surface area (Å²) < 4.78 is 6.26. The van der Waals surface area contributed by atoms with Crippen molar-refractivity contribution >= 4 is 29.0 Å². The zero-order valence-electron chi connectivity index (χ0n) is 9.77. The number of hydrogen-bond donors (Lipinski definition) is 1. The minimum atomic E-state index is -1.14. The fourth-order valence-corrected chi connectivity index (χ4v) is 2.06. The SMILES string of the molecule is CSc1nc(-c2ccco2)c2ncn(C(=O)O)c2n1. The molecule has 0 aromatic carbocycles. The van der Waals surface area contributed by atoms with E-state index in [2.05, 4.69) is 15.0 Å². The van der Waals surface area contributed by atoms with E-state index in [0.29, 0.717) is 22.1 Å². The van der Waals surface area contributed by atoms with Gasteiger partial charge in [-0.05, 0) is 18.4 Å². The lowest BCUT2D eigenvalue weighted by atomic mass is 10.3. The highest BCUT2D eigenvalue weighted by Crippen LogP contribution is 2.27. The lowest BCUT2D eigenvalue weighted by Crippen LogP contribution is -2.07. The predicted octanol–water partition coefficient (Wildman–Crippen LogP) is 2.33. The molecule has 0 saturated carbocycles. The molecule has 0 radical (unpaired) electrons. The van der Waals surface area contributed by atoms with Crippen molar-refractivity contribution in [2.24, 2.45) is 0 Å². The van der Waals surface area contributed by atoms with Crippen molar-refractivity contribution < 1.29 is 14.3 Å². The van der Waals surface area contributed by atoms with Gasteiger partial charge >= 0.3 is 6.09 Å². The van der Waals surface area contributed by atoms with Crippen LogP contribution in [0.4, 0.5) is 4.79 Å². The number of rotatable bonds is 2. The first-order valence-electron chi connectivity index (χ1n) is 5.27. The van der Waals surface area contributed by atoms with Gasteiger partial charge in [0.05, 0.1) is 6.26 Å². The van der Waals surface area contributed by atoms with Crippen molar-refractivity contribution in [1.29, 1.82) is 0 Å². The van der Waals surface area contributed by atoms with E-state index < -0.39 is 6.09 Å². The van der Waals surface area contributed by atoms with Gasteiger partial charge in [-0.2, -0.15) is 0 Å². The van der Waals surface area contributed by atoms with Crippen molar-refractivity contribution in [2.75, 3.05) is 6.26 Å². The number of thioether (sulfide) groups is 1. The number of nitrogens with zero attached hydrogens (tertiary/aromatic N) is 4. The molecule has 0 aliphatic rings. The van der Waals surface area contributed by atoms with Crippen molar-refractivity contribution in [1.82, 2.24) is 19.5 Å². The second kappa shape index (κ2) is 4.39. The summed E-state index contributed by atoms with van der Waals surface area (Å²) in [5.41, 5.74) is 1.13. The van der Waals surface area contributed by atoms with Gasteiger partial charge < -0.3 is 9.52 Å². The summed E-state index contributed by atoms with van der Waals surface area (Å²) >= 11 is 1.32. The highest BCUT2D eigenvalue weighted by atomic mass is 32.2. The smallest absolute Gasteiger partial charge is 0.418 e. The van der Waals surface area contributed by atoms with Crippen LogP contribution in [0, 0.1) is 0 Å². The number of hydrogen-bond acceptors (Lipinski definition) is 6. The fourth-order valence-electron chi connectivity index (χ4n) is 1.70. The Bertz CT molecular complexity index is 751. The third-order valence-electron chi connectivity index (χ3n) is 2.52. The van der Waals surface area contributed by atoms with Gasteiger partial charge in [-0.25, -0.2) is 24.3 Å². The lowest BCUT2D eigenvalue weighted by molar-refractivity contribution is 0.197. The quantitative estimate of drug-likeness (QED) is 0.567. The molecule has 3 aromatic rings. The van der Waals surface area contributed by atoms with Gasteiger partial charge in [0.15, 0.2) is 16.6 Å². The van der Waals surface area contributed by atoms with E-state index in [1.165, 1.54) is 24.4 Å². The summed E-state index contributed by atoms with van der Waals surface area (Å²) in [5.74, 6) is 0.526. The molecule has 7 nitrogen and oxygen atoms in total. The van der Waals surface area contributed by atoms with Crippen LogP contribution in [0.3, 0.4) is 0 Å². The highest BCUT2D eigenvalue weighted by molar-refractivity contribution is 7.98. The van der Waals surface area contributed by atoms with Crippen LogP contribution in [-0.4, -0.2) is 37.0 Å². The Morgan fingerprint density at radius 1 is 1.47 bits per heavy atom. The maximum absolute atomic E-state index is 11.1. The molecule has 3 aromatic heterocycles. The van der Waals surface area contributed by atoms with Gasteiger partial charge in [-0.3, -0.25) is 0 Å². The van der Waals surface area contributed by atoms with E-state index in [0.717, 1.165) is 4.57 Å². The molecule has 0 amide bonds.